The van der Waals surface area contributed by atoms with Crippen LogP contribution in [0, 0.1) is 11.6 Å². The van der Waals surface area contributed by atoms with Crippen LogP contribution in [0.15, 0.2) is 66.2 Å². The third kappa shape index (κ3) is 5.84. The number of carbonyl (C=O) groups excluding carboxylic acids is 1. The van der Waals surface area contributed by atoms with Gasteiger partial charge < -0.3 is 30.3 Å². The molecule has 0 spiro atoms. The Balaban J connectivity index is 1.48. The number of aromatic nitrogens is 3. The Kier molecular flexibility index (Phi) is 8.52. The molecule has 4 N–H and O–H groups in total. The summed E-state index contributed by atoms with van der Waals surface area (Å²) in [4.78, 5) is 37.1. The van der Waals surface area contributed by atoms with Crippen molar-refractivity contribution in [3.63, 3.8) is 0 Å². The summed E-state index contributed by atoms with van der Waals surface area (Å²) in [6.07, 6.45) is 3.80. The topological polar surface area (TPSA) is 136 Å². The molecule has 1 amide bonds. The Morgan fingerprint density at radius 1 is 1.10 bits per heavy atom. The number of β-amino-alcohol motifs (C(OH)–C–C–N with tert-alkyl or cyclic N) is 1. The van der Waals surface area contributed by atoms with Crippen molar-refractivity contribution in [2.24, 2.45) is 0 Å². The molecule has 1 aliphatic heterocycles. The van der Waals surface area contributed by atoms with E-state index in [1.54, 1.807) is 29.2 Å². The zero-order chi connectivity index (χ0) is 29.8. The molecule has 42 heavy (non-hydrogen) atoms. The van der Waals surface area contributed by atoms with Gasteiger partial charge >= 0.3 is 0 Å². The second kappa shape index (κ2) is 12.4. The fraction of sp³-hybridized carbons (Fsp3) is 0.241. The summed E-state index contributed by atoms with van der Waals surface area (Å²) in [6, 6.07) is 9.58. The molecule has 13 heteroatoms. The van der Waals surface area contributed by atoms with Gasteiger partial charge in [-0.05, 0) is 36.4 Å². The fourth-order valence-electron chi connectivity index (χ4n) is 4.82. The second-order valence-electron chi connectivity index (χ2n) is 9.62. The highest BCUT2D eigenvalue weighted by Crippen LogP contribution is 2.29. The van der Waals surface area contributed by atoms with Crippen LogP contribution in [-0.2, 0) is 11.4 Å². The molecule has 0 bridgehead atoms. The summed E-state index contributed by atoms with van der Waals surface area (Å²) in [5.41, 5.74) is 0.649. The number of hydrogen-bond donors (Lipinski definition) is 4. The van der Waals surface area contributed by atoms with Crippen molar-refractivity contribution in [3.05, 3.63) is 88.9 Å². The highest BCUT2D eigenvalue weighted by Gasteiger charge is 2.23. The molecule has 4 aromatic rings. The predicted molar refractivity (Wildman–Crippen MR) is 155 cm³/mol. The van der Waals surface area contributed by atoms with Gasteiger partial charge in [0.05, 0.1) is 30.0 Å². The maximum Gasteiger partial charge on any atom is 0.247 e. The van der Waals surface area contributed by atoms with Crippen molar-refractivity contribution in [3.8, 4) is 5.69 Å². The number of hydrogen-bond acceptors (Lipinski definition) is 9. The predicted octanol–water partition coefficient (Wildman–Crippen LogP) is 2.53. The number of aliphatic hydroxyl groups excluding tert-OH is 2. The monoisotopic (exact) mass is 577 g/mol. The van der Waals surface area contributed by atoms with E-state index in [-0.39, 0.29) is 40.5 Å². The highest BCUT2D eigenvalue weighted by atomic mass is 19.2. The van der Waals surface area contributed by atoms with Crippen molar-refractivity contribution in [2.75, 3.05) is 54.9 Å². The minimum absolute atomic E-state index is 0.0409. The summed E-state index contributed by atoms with van der Waals surface area (Å²) < 4.78 is 31.9. The van der Waals surface area contributed by atoms with Gasteiger partial charge in [0, 0.05) is 62.1 Å². The maximum atomic E-state index is 15.2. The zero-order valence-electron chi connectivity index (χ0n) is 22.6. The molecule has 0 unspecified atom stereocenters. The Hall–Kier alpha value is -4.72. The van der Waals surface area contributed by atoms with Gasteiger partial charge in [-0.15, -0.1) is 0 Å². The molecule has 2 aromatic carbocycles. The highest BCUT2D eigenvalue weighted by molar-refractivity contribution is 5.99. The first-order valence-corrected chi connectivity index (χ1v) is 13.2. The van der Waals surface area contributed by atoms with Gasteiger partial charge in [0.25, 0.3) is 0 Å². The number of pyridine rings is 1. The lowest BCUT2D eigenvalue weighted by atomic mass is 10.2. The number of carbonyl (C=O) groups is 1. The standard InChI is InChI=1S/C29H29F2N7O4/c1-2-24(41)33-19-4-3-5-20(14-19)38-16-18(17-40)27(42)21-15-32-29(35-28(21)38)34-22-6-7-23(26(31)25(22)30)37-10-8-36(9-11-37)12-13-39/h2-7,14-16,39-40H,1,8-13,17H2,(H,33,41)(H,32,34,35). The normalized spacial score (nSPS) is 13.8. The molecule has 2 aromatic heterocycles. The molecule has 1 saturated heterocycles. The summed E-state index contributed by atoms with van der Waals surface area (Å²) in [6.45, 7) is 5.70. The molecule has 0 atom stereocenters. The number of benzene rings is 2. The summed E-state index contributed by atoms with van der Waals surface area (Å²) in [7, 11) is 0. The maximum absolute atomic E-state index is 15.2. The molecule has 0 aliphatic carbocycles. The van der Waals surface area contributed by atoms with Crippen molar-refractivity contribution in [2.45, 2.75) is 6.61 Å². The van der Waals surface area contributed by atoms with Crippen LogP contribution in [0.25, 0.3) is 16.7 Å². The Morgan fingerprint density at radius 2 is 1.88 bits per heavy atom. The van der Waals surface area contributed by atoms with Gasteiger partial charge in [-0.25, -0.2) is 13.8 Å². The first-order chi connectivity index (χ1) is 20.3. The molecule has 0 saturated carbocycles. The number of rotatable bonds is 9. The Labute approximate surface area is 239 Å². The number of fused-ring (bicyclic) bond motifs is 1. The molecule has 1 fully saturated rings. The third-order valence-electron chi connectivity index (χ3n) is 7.00. The first-order valence-electron chi connectivity index (χ1n) is 13.2. The van der Waals surface area contributed by atoms with Gasteiger partial charge in [0.15, 0.2) is 22.7 Å². The average Bonchev–Trinajstić information content (AvgIpc) is 3.00. The van der Waals surface area contributed by atoms with Crippen LogP contribution in [0.1, 0.15) is 5.56 Å². The van der Waals surface area contributed by atoms with E-state index >= 15 is 8.78 Å². The molecular weight excluding hydrogens is 548 g/mol. The van der Waals surface area contributed by atoms with Crippen LogP contribution in [-0.4, -0.2) is 74.9 Å². The molecule has 218 valence electrons. The minimum atomic E-state index is -1.10. The van der Waals surface area contributed by atoms with Crippen molar-refractivity contribution < 1.29 is 23.8 Å². The zero-order valence-corrected chi connectivity index (χ0v) is 22.6. The van der Waals surface area contributed by atoms with E-state index in [1.165, 1.54) is 29.1 Å². The number of aliphatic hydroxyl groups is 2. The third-order valence-corrected chi connectivity index (χ3v) is 7.00. The number of piperazine rings is 1. The molecule has 3 heterocycles. The second-order valence-corrected chi connectivity index (χ2v) is 9.62. The van der Waals surface area contributed by atoms with E-state index in [0.717, 1.165) is 6.08 Å². The quantitative estimate of drug-likeness (QED) is 0.221. The SMILES string of the molecule is C=CC(=O)Nc1cccc(-n2cc(CO)c(=O)c3cnc(Nc4ccc(N5CCN(CCO)CC5)c(F)c4F)nc32)c1. The Bertz CT molecular complexity index is 1700. The van der Waals surface area contributed by atoms with Crippen LogP contribution in [0.3, 0.4) is 0 Å². The summed E-state index contributed by atoms with van der Waals surface area (Å²) >= 11 is 0. The number of anilines is 4. The molecule has 5 rings (SSSR count). The number of nitrogens with one attached hydrogen (secondary N) is 2. The molecular formula is C29H29F2N7O4. The lowest BCUT2D eigenvalue weighted by Gasteiger charge is -2.36. The van der Waals surface area contributed by atoms with E-state index in [2.05, 4.69) is 32.1 Å². The van der Waals surface area contributed by atoms with Crippen molar-refractivity contribution >= 4 is 40.0 Å². The van der Waals surface area contributed by atoms with Crippen LogP contribution in [0.5, 0.6) is 0 Å². The lowest BCUT2D eigenvalue weighted by Crippen LogP contribution is -2.47. The van der Waals surface area contributed by atoms with Gasteiger partial charge in [-0.1, -0.05) is 12.6 Å². The fourth-order valence-corrected chi connectivity index (χ4v) is 4.82. The largest absolute Gasteiger partial charge is 0.395 e. The summed E-state index contributed by atoms with van der Waals surface area (Å²) in [5, 5.41) is 24.4. The van der Waals surface area contributed by atoms with Gasteiger partial charge in [0.2, 0.25) is 11.9 Å². The van der Waals surface area contributed by atoms with Crippen molar-refractivity contribution in [1.82, 2.24) is 19.4 Å². The molecule has 1 aliphatic rings. The van der Waals surface area contributed by atoms with Gasteiger partial charge in [-0.2, -0.15) is 4.98 Å². The Morgan fingerprint density at radius 3 is 2.60 bits per heavy atom. The van der Waals surface area contributed by atoms with Crippen LogP contribution < -0.4 is 21.0 Å². The van der Waals surface area contributed by atoms with E-state index in [0.29, 0.717) is 44.1 Å². The van der Waals surface area contributed by atoms with Crippen LogP contribution in [0.4, 0.5) is 31.8 Å². The average molecular weight is 578 g/mol. The number of halogens is 2. The van der Waals surface area contributed by atoms with Crippen molar-refractivity contribution in [1.29, 1.82) is 0 Å². The minimum Gasteiger partial charge on any atom is -0.395 e. The molecule has 11 nitrogen and oxygen atoms in total. The number of amides is 1. The first kappa shape index (κ1) is 28.8. The van der Waals surface area contributed by atoms with Gasteiger partial charge in [-0.3, -0.25) is 14.5 Å². The van der Waals surface area contributed by atoms with Crippen LogP contribution >= 0.6 is 0 Å². The number of nitrogens with zero attached hydrogens (tertiary/aromatic N) is 5. The summed E-state index contributed by atoms with van der Waals surface area (Å²) in [5.74, 6) is -2.62. The van der Waals surface area contributed by atoms with E-state index in [9.17, 15) is 14.7 Å². The van der Waals surface area contributed by atoms with Gasteiger partial charge in [0.1, 0.15) is 0 Å². The van der Waals surface area contributed by atoms with Crippen LogP contribution in [0.2, 0.25) is 0 Å². The van der Waals surface area contributed by atoms with E-state index in [1.807, 2.05) is 0 Å². The van der Waals surface area contributed by atoms with E-state index in [4.69, 9.17) is 5.11 Å². The lowest BCUT2D eigenvalue weighted by molar-refractivity contribution is -0.111. The smallest absolute Gasteiger partial charge is 0.247 e. The van der Waals surface area contributed by atoms with E-state index < -0.39 is 29.6 Å². The molecule has 0 radical (unpaired) electrons.